The number of rotatable bonds is 2. The molecule has 0 radical (unpaired) electrons. The zero-order valence-electron chi connectivity index (χ0n) is 10.5. The van der Waals surface area contributed by atoms with Crippen molar-refractivity contribution in [2.75, 3.05) is 0 Å². The highest BCUT2D eigenvalue weighted by Gasteiger charge is 2.24. The van der Waals surface area contributed by atoms with Crippen molar-refractivity contribution in [3.8, 4) is 0 Å². The third kappa shape index (κ3) is 3.77. The van der Waals surface area contributed by atoms with Crippen molar-refractivity contribution in [2.24, 2.45) is 0 Å². The van der Waals surface area contributed by atoms with Gasteiger partial charge in [-0.25, -0.2) is 0 Å². The number of nitrogens with one attached hydrogen (secondary N) is 1. The summed E-state index contributed by atoms with van der Waals surface area (Å²) in [6, 6.07) is 5.06. The Bertz CT molecular complexity index is 464. The lowest BCUT2D eigenvalue weighted by molar-refractivity contribution is 0.0934. The molecule has 2 unspecified atom stereocenters. The normalized spacial score (nSPS) is 23.7. The number of hydrogen-bond acceptors (Lipinski definition) is 1. The van der Waals surface area contributed by atoms with Crippen LogP contribution < -0.4 is 5.32 Å². The summed E-state index contributed by atoms with van der Waals surface area (Å²) in [5, 5.41) is 3.65. The van der Waals surface area contributed by atoms with Crippen molar-refractivity contribution in [2.45, 2.75) is 43.5 Å². The smallest absolute Gasteiger partial charge is 0.253 e. The van der Waals surface area contributed by atoms with E-state index in [-0.39, 0.29) is 17.3 Å². The van der Waals surface area contributed by atoms with Gasteiger partial charge in [-0.1, -0.05) is 48.5 Å². The average Bonchev–Trinajstić information content (AvgIpc) is 2.58. The van der Waals surface area contributed by atoms with Crippen LogP contribution in [0.4, 0.5) is 0 Å². The summed E-state index contributed by atoms with van der Waals surface area (Å²) in [6.07, 6.45) is 5.25. The van der Waals surface area contributed by atoms with E-state index in [1.807, 2.05) is 0 Å². The fraction of sp³-hybridized carbons (Fsp3) is 0.500. The molecule has 5 heteroatoms. The second kappa shape index (κ2) is 6.83. The number of alkyl halides is 1. The molecule has 2 nitrogen and oxygen atoms in total. The first-order valence-corrected chi connectivity index (χ1v) is 7.68. The first kappa shape index (κ1) is 15.0. The highest BCUT2D eigenvalue weighted by Crippen LogP contribution is 2.27. The fourth-order valence-electron chi connectivity index (χ4n) is 2.35. The van der Waals surface area contributed by atoms with Gasteiger partial charge in [0.1, 0.15) is 0 Å². The minimum absolute atomic E-state index is 0.00622. The maximum atomic E-state index is 12.2. The van der Waals surface area contributed by atoms with Crippen molar-refractivity contribution < 1.29 is 4.79 Å². The standard InChI is InChI=1S/C14H16Cl3NO/c15-10-6-2-1-3-8-12(10)18-14(19)9-5-4-7-11(16)13(9)17/h4-5,7,10,12H,1-3,6,8H2,(H,18,19). The molecular formula is C14H16Cl3NO. The molecular weight excluding hydrogens is 305 g/mol. The Labute approximate surface area is 128 Å². The number of halogens is 3. The second-order valence-corrected chi connectivity index (χ2v) is 6.18. The van der Waals surface area contributed by atoms with E-state index in [9.17, 15) is 4.79 Å². The lowest BCUT2D eigenvalue weighted by atomic mass is 10.1. The Morgan fingerprint density at radius 1 is 1.16 bits per heavy atom. The van der Waals surface area contributed by atoms with Crippen LogP contribution in [0.5, 0.6) is 0 Å². The zero-order valence-corrected chi connectivity index (χ0v) is 12.7. The summed E-state index contributed by atoms with van der Waals surface area (Å²) in [6.45, 7) is 0. The van der Waals surface area contributed by atoms with Crippen molar-refractivity contribution in [3.05, 3.63) is 33.8 Å². The predicted octanol–water partition coefficient (Wildman–Crippen LogP) is 4.66. The van der Waals surface area contributed by atoms with Crippen molar-refractivity contribution in [3.63, 3.8) is 0 Å². The maximum Gasteiger partial charge on any atom is 0.253 e. The molecule has 1 aromatic carbocycles. The quantitative estimate of drug-likeness (QED) is 0.623. The van der Waals surface area contributed by atoms with E-state index in [1.54, 1.807) is 18.2 Å². The third-order valence-electron chi connectivity index (χ3n) is 3.44. The number of benzene rings is 1. The zero-order chi connectivity index (χ0) is 13.8. The summed E-state index contributed by atoms with van der Waals surface area (Å²) >= 11 is 18.3. The SMILES string of the molecule is O=C(NC1CCCCCC1Cl)c1cccc(Cl)c1Cl. The van der Waals surface area contributed by atoms with Gasteiger partial charge in [0.15, 0.2) is 0 Å². The van der Waals surface area contributed by atoms with Gasteiger partial charge in [-0.15, -0.1) is 11.6 Å². The highest BCUT2D eigenvalue weighted by atomic mass is 35.5. The first-order chi connectivity index (χ1) is 9.09. The molecule has 1 amide bonds. The van der Waals surface area contributed by atoms with Crippen molar-refractivity contribution in [1.82, 2.24) is 5.32 Å². The monoisotopic (exact) mass is 319 g/mol. The van der Waals surface area contributed by atoms with Crippen LogP contribution in [-0.4, -0.2) is 17.3 Å². The molecule has 0 bridgehead atoms. The summed E-state index contributed by atoms with van der Waals surface area (Å²) in [7, 11) is 0. The van der Waals surface area contributed by atoms with Crippen LogP contribution in [-0.2, 0) is 0 Å². The van der Waals surface area contributed by atoms with Crippen LogP contribution in [0.3, 0.4) is 0 Å². The second-order valence-electron chi connectivity index (χ2n) is 4.84. The topological polar surface area (TPSA) is 29.1 Å². The van der Waals surface area contributed by atoms with Crippen molar-refractivity contribution >= 4 is 40.7 Å². The van der Waals surface area contributed by atoms with E-state index in [4.69, 9.17) is 34.8 Å². The predicted molar refractivity (Wildman–Crippen MR) is 80.4 cm³/mol. The van der Waals surface area contributed by atoms with Gasteiger partial charge in [-0.3, -0.25) is 4.79 Å². The van der Waals surface area contributed by atoms with Gasteiger partial charge < -0.3 is 5.32 Å². The lowest BCUT2D eigenvalue weighted by Gasteiger charge is -2.21. The molecule has 0 aromatic heterocycles. The van der Waals surface area contributed by atoms with E-state index in [0.717, 1.165) is 25.7 Å². The van der Waals surface area contributed by atoms with E-state index in [1.165, 1.54) is 6.42 Å². The minimum atomic E-state index is -0.204. The Morgan fingerprint density at radius 2 is 1.89 bits per heavy atom. The number of hydrogen-bond donors (Lipinski definition) is 1. The molecule has 0 saturated heterocycles. The summed E-state index contributed by atoms with van der Waals surface area (Å²) < 4.78 is 0. The van der Waals surface area contributed by atoms with Crippen LogP contribution >= 0.6 is 34.8 Å². The van der Waals surface area contributed by atoms with Gasteiger partial charge in [0.05, 0.1) is 21.0 Å². The van der Waals surface area contributed by atoms with Crippen LogP contribution in [0, 0.1) is 0 Å². The minimum Gasteiger partial charge on any atom is -0.348 e. The van der Waals surface area contributed by atoms with E-state index < -0.39 is 0 Å². The molecule has 2 rings (SSSR count). The first-order valence-electron chi connectivity index (χ1n) is 6.48. The van der Waals surface area contributed by atoms with E-state index in [2.05, 4.69) is 5.32 Å². The molecule has 1 saturated carbocycles. The molecule has 2 atom stereocenters. The number of carbonyl (C=O) groups excluding carboxylic acids is 1. The van der Waals surface area contributed by atoms with Crippen molar-refractivity contribution in [1.29, 1.82) is 0 Å². The van der Waals surface area contributed by atoms with Gasteiger partial charge in [0, 0.05) is 6.04 Å². The molecule has 0 heterocycles. The van der Waals surface area contributed by atoms with E-state index >= 15 is 0 Å². The molecule has 1 aromatic rings. The van der Waals surface area contributed by atoms with Crippen LogP contribution in [0.2, 0.25) is 10.0 Å². The number of carbonyl (C=O) groups is 1. The Balaban J connectivity index is 2.09. The summed E-state index contributed by atoms with van der Waals surface area (Å²) in [4.78, 5) is 12.2. The van der Waals surface area contributed by atoms with Crippen LogP contribution in [0.25, 0.3) is 0 Å². The highest BCUT2D eigenvalue weighted by molar-refractivity contribution is 6.43. The molecule has 0 aliphatic heterocycles. The lowest BCUT2D eigenvalue weighted by Crippen LogP contribution is -2.40. The Kier molecular flexibility index (Phi) is 5.37. The van der Waals surface area contributed by atoms with Gasteiger partial charge in [-0.05, 0) is 25.0 Å². The molecule has 19 heavy (non-hydrogen) atoms. The van der Waals surface area contributed by atoms with Crippen LogP contribution in [0.1, 0.15) is 42.5 Å². The Morgan fingerprint density at radius 3 is 2.68 bits per heavy atom. The van der Waals surface area contributed by atoms with Gasteiger partial charge in [0.25, 0.3) is 5.91 Å². The summed E-state index contributed by atoms with van der Waals surface area (Å²) in [5.74, 6) is -0.204. The molecule has 104 valence electrons. The van der Waals surface area contributed by atoms with Crippen LogP contribution in [0.15, 0.2) is 18.2 Å². The molecule has 0 spiro atoms. The molecule has 1 aliphatic rings. The fourth-order valence-corrected chi connectivity index (χ4v) is 3.08. The summed E-state index contributed by atoms with van der Waals surface area (Å²) in [5.41, 5.74) is 0.405. The molecule has 1 N–H and O–H groups in total. The van der Waals surface area contributed by atoms with Gasteiger partial charge in [0.2, 0.25) is 0 Å². The third-order valence-corrected chi connectivity index (χ3v) is 4.79. The average molecular weight is 321 g/mol. The maximum absolute atomic E-state index is 12.2. The van der Waals surface area contributed by atoms with Gasteiger partial charge >= 0.3 is 0 Å². The molecule has 1 fully saturated rings. The Hall–Kier alpha value is -0.440. The largest absolute Gasteiger partial charge is 0.348 e. The number of amides is 1. The molecule has 1 aliphatic carbocycles. The van der Waals surface area contributed by atoms with E-state index in [0.29, 0.717) is 15.6 Å². The van der Waals surface area contributed by atoms with Gasteiger partial charge in [-0.2, -0.15) is 0 Å².